The number of hydrogen-bond acceptors (Lipinski definition) is 2. The Morgan fingerprint density at radius 1 is 1.67 bits per heavy atom. The Morgan fingerprint density at radius 2 is 2.25 bits per heavy atom. The molecule has 0 aliphatic heterocycles. The smallest absolute Gasteiger partial charge is 0.154 e. The zero-order valence-electron chi connectivity index (χ0n) is 8.13. The van der Waals surface area contributed by atoms with E-state index in [1.54, 1.807) is 6.08 Å². The number of carbonyl (C=O) groups is 1. The minimum Gasteiger partial charge on any atom is -0.298 e. The van der Waals surface area contributed by atoms with Gasteiger partial charge in [-0.05, 0) is 26.6 Å². The number of likely N-dealkylation sites (N-methyl/N-ethyl adjacent to an activating group) is 1. The van der Waals surface area contributed by atoms with Gasteiger partial charge < -0.3 is 0 Å². The van der Waals surface area contributed by atoms with Crippen molar-refractivity contribution in [2.24, 2.45) is 0 Å². The Bertz CT molecular complexity index is 190. The number of nitrogens with zero attached hydrogens (tertiary/aromatic N) is 1. The summed E-state index contributed by atoms with van der Waals surface area (Å²) >= 11 is 0. The lowest BCUT2D eigenvalue weighted by atomic mass is 10.1. The molecule has 0 bridgehead atoms. The van der Waals surface area contributed by atoms with Gasteiger partial charge in [-0.2, -0.15) is 0 Å². The van der Waals surface area contributed by atoms with Gasteiger partial charge in [0.05, 0.1) is 6.04 Å². The molecule has 0 amide bonds. The fourth-order valence-electron chi connectivity index (χ4n) is 1.04. The van der Waals surface area contributed by atoms with Gasteiger partial charge in [-0.1, -0.05) is 13.5 Å². The average Bonchev–Trinajstić information content (AvgIpc) is 1.99. The molecule has 0 spiro atoms. The third-order valence-corrected chi connectivity index (χ3v) is 1.66. The van der Waals surface area contributed by atoms with E-state index in [2.05, 4.69) is 12.3 Å². The molecule has 0 radical (unpaired) electrons. The van der Waals surface area contributed by atoms with Gasteiger partial charge in [0.25, 0.3) is 0 Å². The normalized spacial score (nSPS) is 12.3. The summed E-state index contributed by atoms with van der Waals surface area (Å²) in [6.07, 6.45) is 3.23. The van der Waals surface area contributed by atoms with Crippen LogP contribution in [0.25, 0.3) is 0 Å². The fraction of sp³-hybridized carbons (Fsp3) is 0.600. The Morgan fingerprint density at radius 3 is 2.58 bits per heavy atom. The van der Waals surface area contributed by atoms with Crippen molar-refractivity contribution in [1.29, 1.82) is 0 Å². The molecule has 0 rings (SSSR count). The van der Waals surface area contributed by atoms with Gasteiger partial charge in [0.1, 0.15) is 0 Å². The van der Waals surface area contributed by atoms with Crippen molar-refractivity contribution >= 4 is 5.78 Å². The maximum Gasteiger partial charge on any atom is 0.154 e. The first-order valence-electron chi connectivity index (χ1n) is 4.18. The van der Waals surface area contributed by atoms with Crippen LogP contribution in [0.2, 0.25) is 0 Å². The molecule has 0 heterocycles. The summed E-state index contributed by atoms with van der Waals surface area (Å²) in [7, 11) is 3.76. The van der Waals surface area contributed by atoms with Crippen LogP contribution in [0.3, 0.4) is 0 Å². The van der Waals surface area contributed by atoms with Crippen LogP contribution in [0.15, 0.2) is 18.4 Å². The molecule has 0 aliphatic rings. The van der Waals surface area contributed by atoms with E-state index in [1.165, 1.54) is 0 Å². The van der Waals surface area contributed by atoms with Gasteiger partial charge in [-0.25, -0.2) is 0 Å². The highest BCUT2D eigenvalue weighted by Crippen LogP contribution is 2.02. The SMILES string of the molecule is C=C=CC(C(=O)CCC)N(C)C. The number of Topliss-reactive ketones (excluding diaryl/α,β-unsaturated/α-hetero) is 1. The van der Waals surface area contributed by atoms with Crippen molar-refractivity contribution in [1.82, 2.24) is 4.90 Å². The van der Waals surface area contributed by atoms with Crippen LogP contribution >= 0.6 is 0 Å². The Labute approximate surface area is 74.6 Å². The van der Waals surface area contributed by atoms with Crippen LogP contribution in [-0.4, -0.2) is 30.8 Å². The topological polar surface area (TPSA) is 20.3 Å². The molecule has 68 valence electrons. The minimum atomic E-state index is -0.151. The molecule has 0 fully saturated rings. The molecule has 0 N–H and O–H groups in total. The Balaban J connectivity index is 4.29. The van der Waals surface area contributed by atoms with Crippen LogP contribution in [-0.2, 0) is 4.79 Å². The van der Waals surface area contributed by atoms with E-state index in [1.807, 2.05) is 25.9 Å². The van der Waals surface area contributed by atoms with Crippen molar-refractivity contribution in [2.75, 3.05) is 14.1 Å². The summed E-state index contributed by atoms with van der Waals surface area (Å²) in [4.78, 5) is 13.3. The molecular weight excluding hydrogens is 150 g/mol. The largest absolute Gasteiger partial charge is 0.298 e. The lowest BCUT2D eigenvalue weighted by Crippen LogP contribution is -2.33. The van der Waals surface area contributed by atoms with Gasteiger partial charge in [-0.15, -0.1) is 5.73 Å². The van der Waals surface area contributed by atoms with E-state index in [9.17, 15) is 4.79 Å². The molecule has 12 heavy (non-hydrogen) atoms. The second kappa shape index (κ2) is 5.76. The van der Waals surface area contributed by atoms with Crippen molar-refractivity contribution in [3.8, 4) is 0 Å². The van der Waals surface area contributed by atoms with Crippen LogP contribution in [0.1, 0.15) is 19.8 Å². The van der Waals surface area contributed by atoms with Crippen molar-refractivity contribution in [3.63, 3.8) is 0 Å². The quantitative estimate of drug-likeness (QED) is 0.580. The molecule has 2 nitrogen and oxygen atoms in total. The first kappa shape index (κ1) is 11.2. The maximum atomic E-state index is 11.4. The minimum absolute atomic E-state index is 0.151. The van der Waals surface area contributed by atoms with Crippen molar-refractivity contribution in [3.05, 3.63) is 18.4 Å². The Kier molecular flexibility index (Phi) is 5.35. The molecule has 1 atom stereocenters. The summed E-state index contributed by atoms with van der Waals surface area (Å²) in [5.41, 5.74) is 2.65. The lowest BCUT2D eigenvalue weighted by molar-refractivity contribution is -0.122. The summed E-state index contributed by atoms with van der Waals surface area (Å²) in [6.45, 7) is 5.47. The first-order chi connectivity index (χ1) is 5.63. The molecule has 1 unspecified atom stereocenters. The number of hydrogen-bond donors (Lipinski definition) is 0. The molecule has 0 aromatic heterocycles. The standard InChI is InChI=1S/C10H17NO/c1-5-7-9(11(3)4)10(12)8-6-2/h7,9H,1,6,8H2,2-4H3. The molecule has 0 aromatic rings. The summed E-state index contributed by atoms with van der Waals surface area (Å²) in [5, 5.41) is 0. The first-order valence-corrected chi connectivity index (χ1v) is 4.18. The summed E-state index contributed by atoms with van der Waals surface area (Å²) in [5.74, 6) is 0.235. The molecule has 0 aliphatic carbocycles. The van der Waals surface area contributed by atoms with E-state index in [4.69, 9.17) is 0 Å². The zero-order chi connectivity index (χ0) is 9.56. The lowest BCUT2D eigenvalue weighted by Gasteiger charge is -2.18. The highest BCUT2D eigenvalue weighted by molar-refractivity contribution is 5.85. The number of carbonyl (C=O) groups excluding carboxylic acids is 1. The molecule has 0 aromatic carbocycles. The van der Waals surface area contributed by atoms with Crippen LogP contribution in [0.4, 0.5) is 0 Å². The van der Waals surface area contributed by atoms with E-state index < -0.39 is 0 Å². The van der Waals surface area contributed by atoms with Crippen LogP contribution < -0.4 is 0 Å². The van der Waals surface area contributed by atoms with Crippen molar-refractivity contribution < 1.29 is 4.79 Å². The van der Waals surface area contributed by atoms with E-state index in [0.29, 0.717) is 6.42 Å². The number of rotatable bonds is 5. The molecule has 0 saturated heterocycles. The van der Waals surface area contributed by atoms with Gasteiger partial charge in [-0.3, -0.25) is 9.69 Å². The number of ketones is 1. The monoisotopic (exact) mass is 167 g/mol. The highest BCUT2D eigenvalue weighted by Gasteiger charge is 2.15. The van der Waals surface area contributed by atoms with E-state index in [-0.39, 0.29) is 11.8 Å². The van der Waals surface area contributed by atoms with Crippen LogP contribution in [0.5, 0.6) is 0 Å². The van der Waals surface area contributed by atoms with E-state index >= 15 is 0 Å². The summed E-state index contributed by atoms with van der Waals surface area (Å²) < 4.78 is 0. The third-order valence-electron chi connectivity index (χ3n) is 1.66. The van der Waals surface area contributed by atoms with Gasteiger partial charge >= 0.3 is 0 Å². The maximum absolute atomic E-state index is 11.4. The third kappa shape index (κ3) is 3.51. The predicted molar refractivity (Wildman–Crippen MR) is 51.1 cm³/mol. The zero-order valence-corrected chi connectivity index (χ0v) is 8.13. The Hall–Kier alpha value is -0.850. The second-order valence-corrected chi connectivity index (χ2v) is 3.00. The van der Waals surface area contributed by atoms with Crippen molar-refractivity contribution in [2.45, 2.75) is 25.8 Å². The average molecular weight is 167 g/mol. The summed E-state index contributed by atoms with van der Waals surface area (Å²) in [6, 6.07) is -0.151. The predicted octanol–water partition coefficient (Wildman–Crippen LogP) is 1.63. The highest BCUT2D eigenvalue weighted by atomic mass is 16.1. The van der Waals surface area contributed by atoms with Gasteiger partial charge in [0.15, 0.2) is 5.78 Å². The molecule has 0 saturated carbocycles. The second-order valence-electron chi connectivity index (χ2n) is 3.00. The van der Waals surface area contributed by atoms with Gasteiger partial charge in [0, 0.05) is 6.42 Å². The van der Waals surface area contributed by atoms with E-state index in [0.717, 1.165) is 6.42 Å². The molecule has 2 heteroatoms. The molecular formula is C10H17NO. The fourth-order valence-corrected chi connectivity index (χ4v) is 1.04. The van der Waals surface area contributed by atoms with Crippen LogP contribution in [0, 0.1) is 0 Å². The van der Waals surface area contributed by atoms with Gasteiger partial charge in [0.2, 0.25) is 0 Å².